The first kappa shape index (κ1) is 34.6. The van der Waals surface area contributed by atoms with Gasteiger partial charge < -0.3 is 29.9 Å². The number of halogens is 1. The highest BCUT2D eigenvalue weighted by Crippen LogP contribution is 2.43. The van der Waals surface area contributed by atoms with Gasteiger partial charge in [-0.3, -0.25) is 4.79 Å². The SMILES string of the molecule is C=CC(=O)Nc1cc(Nc2ncc(F)c(C3=C(COCCC)CC(C)c4ccccc43)n2)c(OC)cc1N(C)CC(C)(C)N(C)C. The van der Waals surface area contributed by atoms with Crippen molar-refractivity contribution in [3.8, 4) is 5.75 Å². The van der Waals surface area contributed by atoms with Crippen LogP contribution in [-0.2, 0) is 9.53 Å². The van der Waals surface area contributed by atoms with Crippen molar-refractivity contribution < 1.29 is 18.7 Å². The number of amides is 1. The molecule has 4 rings (SSSR count). The Balaban J connectivity index is 1.79. The zero-order chi connectivity index (χ0) is 33.6. The van der Waals surface area contributed by atoms with Gasteiger partial charge in [0.25, 0.3) is 0 Å². The molecule has 2 aromatic carbocycles. The summed E-state index contributed by atoms with van der Waals surface area (Å²) in [4.78, 5) is 25.7. The van der Waals surface area contributed by atoms with Crippen molar-refractivity contribution in [1.82, 2.24) is 14.9 Å². The molecule has 0 radical (unpaired) electrons. The van der Waals surface area contributed by atoms with Crippen LogP contribution in [0.3, 0.4) is 0 Å². The van der Waals surface area contributed by atoms with Crippen LogP contribution in [0.15, 0.2) is 60.8 Å². The van der Waals surface area contributed by atoms with Gasteiger partial charge in [0.15, 0.2) is 5.82 Å². The number of anilines is 4. The number of rotatable bonds is 14. The molecule has 246 valence electrons. The molecule has 1 aliphatic rings. The van der Waals surface area contributed by atoms with Crippen LogP contribution in [0.4, 0.5) is 27.4 Å². The Morgan fingerprint density at radius 2 is 1.93 bits per heavy atom. The van der Waals surface area contributed by atoms with Crippen LogP contribution in [0.2, 0.25) is 0 Å². The molecular formula is C36H47FN6O3. The summed E-state index contributed by atoms with van der Waals surface area (Å²) in [6, 6.07) is 11.7. The van der Waals surface area contributed by atoms with E-state index in [0.717, 1.165) is 40.8 Å². The molecule has 1 atom stereocenters. The average Bonchev–Trinajstić information content (AvgIpc) is 3.02. The van der Waals surface area contributed by atoms with Crippen molar-refractivity contribution >= 4 is 34.5 Å². The van der Waals surface area contributed by atoms with E-state index in [1.165, 1.54) is 12.3 Å². The quantitative estimate of drug-likeness (QED) is 0.145. The summed E-state index contributed by atoms with van der Waals surface area (Å²) < 4.78 is 27.4. The molecule has 0 bridgehead atoms. The Labute approximate surface area is 272 Å². The van der Waals surface area contributed by atoms with Gasteiger partial charge in [-0.2, -0.15) is 0 Å². The molecule has 0 aliphatic heterocycles. The van der Waals surface area contributed by atoms with E-state index in [4.69, 9.17) is 14.5 Å². The first-order valence-electron chi connectivity index (χ1n) is 15.6. The van der Waals surface area contributed by atoms with Crippen LogP contribution in [0.1, 0.15) is 63.3 Å². The smallest absolute Gasteiger partial charge is 0.247 e. The molecule has 10 heteroatoms. The minimum absolute atomic E-state index is 0.165. The van der Waals surface area contributed by atoms with E-state index >= 15 is 4.39 Å². The van der Waals surface area contributed by atoms with E-state index in [1.807, 2.05) is 45.4 Å². The number of carbonyl (C=O) groups is 1. The third-order valence-electron chi connectivity index (χ3n) is 8.53. The number of nitrogens with zero attached hydrogens (tertiary/aromatic N) is 4. The number of likely N-dealkylation sites (N-methyl/N-ethyl adjacent to an activating group) is 2. The van der Waals surface area contributed by atoms with Crippen molar-refractivity contribution in [3.05, 3.63) is 83.5 Å². The maximum Gasteiger partial charge on any atom is 0.247 e. The third-order valence-corrected chi connectivity index (χ3v) is 8.53. The molecule has 9 nitrogen and oxygen atoms in total. The predicted molar refractivity (Wildman–Crippen MR) is 185 cm³/mol. The largest absolute Gasteiger partial charge is 0.494 e. The zero-order valence-corrected chi connectivity index (χ0v) is 28.3. The number of carbonyl (C=O) groups excluding carboxylic acids is 1. The normalized spacial score (nSPS) is 14.6. The molecule has 0 spiro atoms. The Kier molecular flexibility index (Phi) is 11.2. The Morgan fingerprint density at radius 1 is 1.20 bits per heavy atom. The molecule has 2 N–H and O–H groups in total. The number of hydrogen-bond donors (Lipinski definition) is 2. The van der Waals surface area contributed by atoms with E-state index in [1.54, 1.807) is 13.2 Å². The summed E-state index contributed by atoms with van der Waals surface area (Å²) in [5.41, 5.74) is 5.66. The van der Waals surface area contributed by atoms with Gasteiger partial charge in [-0.1, -0.05) is 44.7 Å². The van der Waals surface area contributed by atoms with Crippen LogP contribution < -0.4 is 20.3 Å². The highest BCUT2D eigenvalue weighted by atomic mass is 19.1. The van der Waals surface area contributed by atoms with Crippen molar-refractivity contribution in [2.24, 2.45) is 0 Å². The maximum atomic E-state index is 15.7. The van der Waals surface area contributed by atoms with Gasteiger partial charge >= 0.3 is 0 Å². The van der Waals surface area contributed by atoms with Crippen molar-refractivity contribution in [2.45, 2.75) is 52.0 Å². The minimum Gasteiger partial charge on any atom is -0.494 e. The molecule has 1 aliphatic carbocycles. The monoisotopic (exact) mass is 630 g/mol. The van der Waals surface area contributed by atoms with Gasteiger partial charge in [-0.05, 0) is 75.5 Å². The number of ether oxygens (including phenoxy) is 2. The Bertz CT molecular complexity index is 1600. The number of benzene rings is 2. The van der Waals surface area contributed by atoms with Crippen LogP contribution in [0.25, 0.3) is 5.57 Å². The van der Waals surface area contributed by atoms with Crippen molar-refractivity contribution in [2.75, 3.05) is 63.5 Å². The first-order chi connectivity index (χ1) is 21.9. The molecule has 3 aromatic rings. The lowest BCUT2D eigenvalue weighted by Crippen LogP contribution is -2.47. The zero-order valence-electron chi connectivity index (χ0n) is 28.3. The fourth-order valence-electron chi connectivity index (χ4n) is 5.66. The molecule has 1 amide bonds. The molecule has 1 heterocycles. The van der Waals surface area contributed by atoms with Crippen molar-refractivity contribution in [3.63, 3.8) is 0 Å². The van der Waals surface area contributed by atoms with Gasteiger partial charge in [-0.15, -0.1) is 0 Å². The number of nitrogens with one attached hydrogen (secondary N) is 2. The van der Waals surface area contributed by atoms with E-state index in [-0.39, 0.29) is 29.0 Å². The van der Waals surface area contributed by atoms with E-state index in [2.05, 4.69) is 65.8 Å². The standard InChI is InChI=1S/C36H47FN6O3/c1-10-16-46-21-24-17-23(3)25-14-12-13-15-26(25)33(24)34-27(37)20-38-35(41-34)40-29-18-28(39-32(44)11-2)30(19-31(29)45-9)43(8)22-36(4,5)42(6)7/h11-15,18-20,23H,2,10,16-17,21-22H2,1,3-9H3,(H,39,44)(H,38,40,41). The summed E-state index contributed by atoms with van der Waals surface area (Å²) in [7, 11) is 7.59. The Hall–Kier alpha value is -4.28. The lowest BCUT2D eigenvalue weighted by Gasteiger charge is -2.37. The van der Waals surface area contributed by atoms with Gasteiger partial charge in [0.2, 0.25) is 11.9 Å². The summed E-state index contributed by atoms with van der Waals surface area (Å²) in [6.45, 7) is 13.8. The first-order valence-corrected chi connectivity index (χ1v) is 15.6. The van der Waals surface area contributed by atoms with Crippen LogP contribution in [0.5, 0.6) is 5.75 Å². The number of methoxy groups -OCH3 is 1. The van der Waals surface area contributed by atoms with Gasteiger partial charge in [0.05, 0.1) is 37.0 Å². The summed E-state index contributed by atoms with van der Waals surface area (Å²) in [6.07, 6.45) is 4.03. The van der Waals surface area contributed by atoms with E-state index < -0.39 is 5.82 Å². The van der Waals surface area contributed by atoms with Crippen LogP contribution in [-0.4, -0.2) is 74.3 Å². The Morgan fingerprint density at radius 3 is 2.61 bits per heavy atom. The second-order valence-electron chi connectivity index (χ2n) is 12.6. The fourth-order valence-corrected chi connectivity index (χ4v) is 5.66. The highest BCUT2D eigenvalue weighted by Gasteiger charge is 2.29. The molecule has 1 unspecified atom stereocenters. The fraction of sp³-hybridized carbons (Fsp3) is 0.417. The molecule has 0 saturated carbocycles. The minimum atomic E-state index is -0.524. The van der Waals surface area contributed by atoms with Crippen LogP contribution in [0, 0.1) is 5.82 Å². The van der Waals surface area contributed by atoms with Gasteiger partial charge in [0, 0.05) is 37.4 Å². The predicted octanol–water partition coefficient (Wildman–Crippen LogP) is 7.00. The molecule has 1 aromatic heterocycles. The summed E-state index contributed by atoms with van der Waals surface area (Å²) in [5, 5.41) is 6.14. The topological polar surface area (TPSA) is 91.8 Å². The summed E-state index contributed by atoms with van der Waals surface area (Å²) in [5.74, 6) is 0.0662. The van der Waals surface area contributed by atoms with E-state index in [9.17, 15) is 4.79 Å². The third kappa shape index (κ3) is 7.74. The van der Waals surface area contributed by atoms with Gasteiger partial charge in [0.1, 0.15) is 11.4 Å². The lowest BCUT2D eigenvalue weighted by molar-refractivity contribution is -0.111. The number of aromatic nitrogens is 2. The maximum absolute atomic E-state index is 15.7. The van der Waals surface area contributed by atoms with Crippen molar-refractivity contribution in [1.29, 1.82) is 0 Å². The molecule has 0 fully saturated rings. The van der Waals surface area contributed by atoms with E-state index in [0.29, 0.717) is 36.9 Å². The average molecular weight is 631 g/mol. The van der Waals surface area contributed by atoms with Gasteiger partial charge in [-0.25, -0.2) is 14.4 Å². The number of fused-ring (bicyclic) bond motifs is 1. The second kappa shape index (κ2) is 14.9. The number of hydrogen-bond acceptors (Lipinski definition) is 8. The molecule has 46 heavy (non-hydrogen) atoms. The molecule has 0 saturated heterocycles. The lowest BCUT2D eigenvalue weighted by atomic mass is 9.78. The second-order valence-corrected chi connectivity index (χ2v) is 12.6. The highest BCUT2D eigenvalue weighted by molar-refractivity contribution is 6.02. The summed E-state index contributed by atoms with van der Waals surface area (Å²) >= 11 is 0. The molecular weight excluding hydrogens is 583 g/mol. The van der Waals surface area contributed by atoms with Crippen LogP contribution >= 0.6 is 0 Å².